The molecule has 1 aromatic rings. The van der Waals surface area contributed by atoms with Crippen LogP contribution in [0.25, 0.3) is 0 Å². The Labute approximate surface area is 101 Å². The second-order valence-corrected chi connectivity index (χ2v) is 4.13. The molecule has 0 spiro atoms. The van der Waals surface area contributed by atoms with Crippen molar-refractivity contribution in [1.82, 2.24) is 5.32 Å². The molecule has 4 nitrogen and oxygen atoms in total. The largest absolute Gasteiger partial charge is 0.469 e. The highest BCUT2D eigenvalue weighted by molar-refractivity contribution is 5.77. The maximum Gasteiger partial charge on any atom is 0.308 e. The summed E-state index contributed by atoms with van der Waals surface area (Å²) in [6, 6.07) is 9.37. The molecule has 0 aliphatic heterocycles. The van der Waals surface area contributed by atoms with Crippen molar-refractivity contribution >= 4 is 11.9 Å². The van der Waals surface area contributed by atoms with Crippen molar-refractivity contribution < 1.29 is 14.3 Å². The molecule has 1 atom stereocenters. The Morgan fingerprint density at radius 1 is 1.29 bits per heavy atom. The number of hydrogen-bond acceptors (Lipinski definition) is 3. The molecule has 92 valence electrons. The number of rotatable bonds is 4. The van der Waals surface area contributed by atoms with Crippen LogP contribution in [0.15, 0.2) is 30.3 Å². The maximum atomic E-state index is 11.4. The Morgan fingerprint density at radius 3 is 2.35 bits per heavy atom. The van der Waals surface area contributed by atoms with Crippen molar-refractivity contribution in [3.05, 3.63) is 35.9 Å². The van der Waals surface area contributed by atoms with Gasteiger partial charge in [0.1, 0.15) is 0 Å². The van der Waals surface area contributed by atoms with Gasteiger partial charge in [0.05, 0.1) is 19.1 Å². The molecule has 4 heteroatoms. The van der Waals surface area contributed by atoms with Crippen LogP contribution in [0.2, 0.25) is 0 Å². The molecular weight excluding hydrogens is 218 g/mol. The normalized spacial score (nSPS) is 13.6. The Balaban J connectivity index is 3.01. The van der Waals surface area contributed by atoms with E-state index in [0.717, 1.165) is 5.56 Å². The third-order valence-electron chi connectivity index (χ3n) is 2.59. The molecule has 17 heavy (non-hydrogen) atoms. The van der Waals surface area contributed by atoms with E-state index in [0.29, 0.717) is 0 Å². The summed E-state index contributed by atoms with van der Waals surface area (Å²) in [5.41, 5.74) is 0.140. The number of methoxy groups -OCH3 is 1. The molecule has 0 aliphatic rings. The Hall–Kier alpha value is -1.84. The number of esters is 1. The molecule has 0 aromatic heterocycles. The number of ether oxygens (including phenoxy) is 1. The highest BCUT2D eigenvalue weighted by atomic mass is 16.5. The van der Waals surface area contributed by atoms with Gasteiger partial charge in [0, 0.05) is 6.92 Å². The number of benzene rings is 1. The van der Waals surface area contributed by atoms with E-state index < -0.39 is 5.54 Å². The van der Waals surface area contributed by atoms with Crippen LogP contribution in [0.4, 0.5) is 0 Å². The van der Waals surface area contributed by atoms with Crippen molar-refractivity contribution in [2.24, 2.45) is 0 Å². The van der Waals surface area contributed by atoms with Gasteiger partial charge >= 0.3 is 5.97 Å². The molecule has 1 rings (SSSR count). The zero-order valence-electron chi connectivity index (χ0n) is 10.3. The van der Waals surface area contributed by atoms with Gasteiger partial charge in [0.15, 0.2) is 0 Å². The molecule has 0 radical (unpaired) electrons. The van der Waals surface area contributed by atoms with Crippen LogP contribution < -0.4 is 5.32 Å². The molecule has 1 aromatic carbocycles. The highest BCUT2D eigenvalue weighted by Gasteiger charge is 2.30. The third kappa shape index (κ3) is 3.59. The van der Waals surface area contributed by atoms with E-state index in [9.17, 15) is 9.59 Å². The third-order valence-corrected chi connectivity index (χ3v) is 2.59. The molecule has 0 aliphatic carbocycles. The summed E-state index contributed by atoms with van der Waals surface area (Å²) in [5.74, 6) is -0.537. The monoisotopic (exact) mass is 235 g/mol. The average Bonchev–Trinajstić information content (AvgIpc) is 2.29. The van der Waals surface area contributed by atoms with Crippen LogP contribution in [0.5, 0.6) is 0 Å². The lowest BCUT2D eigenvalue weighted by molar-refractivity contribution is -0.142. The molecule has 0 saturated carbocycles. The Morgan fingerprint density at radius 2 is 1.88 bits per heavy atom. The van der Waals surface area contributed by atoms with Crippen LogP contribution in [0.1, 0.15) is 25.8 Å². The summed E-state index contributed by atoms with van der Waals surface area (Å²) < 4.78 is 4.66. The van der Waals surface area contributed by atoms with Crippen LogP contribution in [0, 0.1) is 0 Å². The second-order valence-electron chi connectivity index (χ2n) is 4.13. The smallest absolute Gasteiger partial charge is 0.308 e. The zero-order valence-corrected chi connectivity index (χ0v) is 10.3. The van der Waals surface area contributed by atoms with Crippen molar-refractivity contribution in [2.45, 2.75) is 25.8 Å². The van der Waals surface area contributed by atoms with Gasteiger partial charge in [-0.1, -0.05) is 30.3 Å². The van der Waals surface area contributed by atoms with Gasteiger partial charge in [0.25, 0.3) is 0 Å². The second kappa shape index (κ2) is 5.48. The fourth-order valence-electron chi connectivity index (χ4n) is 1.77. The number of hydrogen-bond donors (Lipinski definition) is 1. The zero-order chi connectivity index (χ0) is 12.9. The van der Waals surface area contributed by atoms with E-state index in [2.05, 4.69) is 10.1 Å². The van der Waals surface area contributed by atoms with E-state index in [4.69, 9.17) is 0 Å². The first-order valence-electron chi connectivity index (χ1n) is 5.39. The summed E-state index contributed by atoms with van der Waals surface area (Å²) in [7, 11) is 1.33. The fraction of sp³-hybridized carbons (Fsp3) is 0.385. The van der Waals surface area contributed by atoms with Crippen molar-refractivity contribution in [1.29, 1.82) is 0 Å². The minimum absolute atomic E-state index is 0.104. The average molecular weight is 235 g/mol. The summed E-state index contributed by atoms with van der Waals surface area (Å²) in [4.78, 5) is 22.6. The van der Waals surface area contributed by atoms with Gasteiger partial charge in [-0.3, -0.25) is 9.59 Å². The quantitative estimate of drug-likeness (QED) is 0.806. The van der Waals surface area contributed by atoms with E-state index in [1.165, 1.54) is 14.0 Å². The van der Waals surface area contributed by atoms with E-state index in [1.54, 1.807) is 6.92 Å². The van der Waals surface area contributed by atoms with Crippen LogP contribution in [-0.4, -0.2) is 19.0 Å². The Bertz CT molecular complexity index is 402. The predicted octanol–water partition coefficient (Wildman–Crippen LogP) is 1.60. The molecule has 0 heterocycles. The lowest BCUT2D eigenvalue weighted by Crippen LogP contribution is -2.44. The number of carbonyl (C=O) groups excluding carboxylic acids is 2. The maximum absolute atomic E-state index is 11.4. The first-order valence-corrected chi connectivity index (χ1v) is 5.39. The van der Waals surface area contributed by atoms with Gasteiger partial charge in [-0.05, 0) is 12.5 Å². The first-order chi connectivity index (χ1) is 7.98. The van der Waals surface area contributed by atoms with Crippen molar-refractivity contribution in [2.75, 3.05) is 7.11 Å². The summed E-state index contributed by atoms with van der Waals surface area (Å²) in [6.45, 7) is 3.24. The van der Waals surface area contributed by atoms with E-state index >= 15 is 0 Å². The van der Waals surface area contributed by atoms with Gasteiger partial charge < -0.3 is 10.1 Å². The fourth-order valence-corrected chi connectivity index (χ4v) is 1.77. The van der Waals surface area contributed by atoms with Crippen LogP contribution in [0.3, 0.4) is 0 Å². The van der Waals surface area contributed by atoms with Gasteiger partial charge in [-0.15, -0.1) is 0 Å². The Kier molecular flexibility index (Phi) is 4.26. The van der Waals surface area contributed by atoms with Crippen LogP contribution >= 0.6 is 0 Å². The molecule has 1 amide bonds. The molecule has 0 bridgehead atoms. The summed E-state index contributed by atoms with van der Waals surface area (Å²) in [5, 5.41) is 2.80. The van der Waals surface area contributed by atoms with Crippen LogP contribution in [-0.2, 0) is 19.9 Å². The van der Waals surface area contributed by atoms with E-state index in [1.807, 2.05) is 30.3 Å². The number of carbonyl (C=O) groups is 2. The summed E-state index contributed by atoms with van der Waals surface area (Å²) >= 11 is 0. The molecule has 0 saturated heterocycles. The molecular formula is C13H17NO3. The van der Waals surface area contributed by atoms with Crippen molar-refractivity contribution in [3.63, 3.8) is 0 Å². The van der Waals surface area contributed by atoms with Gasteiger partial charge in [-0.2, -0.15) is 0 Å². The summed E-state index contributed by atoms with van der Waals surface area (Å²) in [6.07, 6.45) is 0.104. The number of nitrogens with one attached hydrogen (secondary N) is 1. The lowest BCUT2D eigenvalue weighted by Gasteiger charge is -2.29. The number of amides is 1. The predicted molar refractivity (Wildman–Crippen MR) is 64.2 cm³/mol. The first kappa shape index (κ1) is 13.2. The topological polar surface area (TPSA) is 55.4 Å². The minimum atomic E-state index is -0.736. The van der Waals surface area contributed by atoms with E-state index in [-0.39, 0.29) is 18.3 Å². The molecule has 1 N–H and O–H groups in total. The van der Waals surface area contributed by atoms with Gasteiger partial charge in [0.2, 0.25) is 5.91 Å². The standard InChI is InChI=1S/C13H17NO3/c1-10(15)14-13(2,9-12(16)17-3)11-7-5-4-6-8-11/h4-8H,9H2,1-3H3,(H,14,15)/t13-/m1/s1. The van der Waals surface area contributed by atoms with Crippen molar-refractivity contribution in [3.8, 4) is 0 Å². The highest BCUT2D eigenvalue weighted by Crippen LogP contribution is 2.24. The minimum Gasteiger partial charge on any atom is -0.469 e. The lowest BCUT2D eigenvalue weighted by atomic mass is 9.88. The molecule has 0 fully saturated rings. The molecule has 0 unspecified atom stereocenters. The van der Waals surface area contributed by atoms with Gasteiger partial charge in [-0.25, -0.2) is 0 Å². The SMILES string of the molecule is COC(=O)C[C@@](C)(NC(C)=O)c1ccccc1.